The van der Waals surface area contributed by atoms with Crippen LogP contribution in [0.15, 0.2) is 217 Å². The fourth-order valence-electron chi connectivity index (χ4n) is 9.10. The molecule has 272 valence electrons. The summed E-state index contributed by atoms with van der Waals surface area (Å²) in [4.78, 5) is 2.30. The zero-order chi connectivity index (χ0) is 38.2. The van der Waals surface area contributed by atoms with Crippen LogP contribution in [0.3, 0.4) is 0 Å². The first-order valence-corrected chi connectivity index (χ1v) is 19.8. The second-order valence-electron chi connectivity index (χ2n) is 14.9. The molecule has 0 bridgehead atoms. The average molecular weight is 742 g/mol. The van der Waals surface area contributed by atoms with Crippen LogP contribution in [0.2, 0.25) is 0 Å². The number of furan rings is 1. The standard InChI is InChI=1S/C54H35N3O/c1-4-14-38(15-5-1)55(39-16-6-2-7-17-39)41-26-28-42(29-27-41)56-48-22-12-10-20-43(48)46-34-36(24-31-49(46)56)37-25-32-50-47(35-37)53-51(57(50)40-18-8-3-9-19-40)33-30-45-44-21-11-13-23-52(44)58-54(45)53/h1-35H. The van der Waals surface area contributed by atoms with Gasteiger partial charge in [0.1, 0.15) is 11.2 Å². The van der Waals surface area contributed by atoms with E-state index in [-0.39, 0.29) is 0 Å². The van der Waals surface area contributed by atoms with Gasteiger partial charge in [0.2, 0.25) is 0 Å². The summed E-state index contributed by atoms with van der Waals surface area (Å²) >= 11 is 0. The molecule has 0 saturated carbocycles. The fourth-order valence-corrected chi connectivity index (χ4v) is 9.10. The maximum atomic E-state index is 6.67. The van der Waals surface area contributed by atoms with Gasteiger partial charge in [0, 0.05) is 55.4 Å². The maximum Gasteiger partial charge on any atom is 0.145 e. The lowest BCUT2D eigenvalue weighted by Gasteiger charge is -2.25. The molecular weight excluding hydrogens is 707 g/mol. The fraction of sp³-hybridized carbons (Fsp3) is 0. The molecule has 58 heavy (non-hydrogen) atoms. The van der Waals surface area contributed by atoms with Crippen molar-refractivity contribution in [2.75, 3.05) is 4.90 Å². The molecule has 0 saturated heterocycles. The lowest BCUT2D eigenvalue weighted by Crippen LogP contribution is -2.09. The zero-order valence-corrected chi connectivity index (χ0v) is 31.5. The van der Waals surface area contributed by atoms with Crippen LogP contribution < -0.4 is 4.90 Å². The lowest BCUT2D eigenvalue weighted by molar-refractivity contribution is 0.673. The highest BCUT2D eigenvalue weighted by Gasteiger charge is 2.20. The first kappa shape index (κ1) is 32.4. The molecular formula is C54H35N3O. The third kappa shape index (κ3) is 4.95. The van der Waals surface area contributed by atoms with E-state index in [1.54, 1.807) is 0 Å². The van der Waals surface area contributed by atoms with Gasteiger partial charge in [-0.2, -0.15) is 0 Å². The van der Waals surface area contributed by atoms with Crippen molar-refractivity contribution in [3.63, 3.8) is 0 Å². The van der Waals surface area contributed by atoms with Crippen LogP contribution in [0.25, 0.3) is 88.1 Å². The Labute approximate surface area is 334 Å². The van der Waals surface area contributed by atoms with Gasteiger partial charge in [-0.1, -0.05) is 103 Å². The number of hydrogen-bond acceptors (Lipinski definition) is 2. The van der Waals surface area contributed by atoms with E-state index in [0.29, 0.717) is 0 Å². The number of para-hydroxylation sites is 5. The summed E-state index contributed by atoms with van der Waals surface area (Å²) in [6.45, 7) is 0. The topological polar surface area (TPSA) is 26.2 Å². The van der Waals surface area contributed by atoms with Crippen molar-refractivity contribution in [2.45, 2.75) is 0 Å². The van der Waals surface area contributed by atoms with Crippen molar-refractivity contribution in [1.29, 1.82) is 0 Å². The summed E-state index contributed by atoms with van der Waals surface area (Å²) in [5.74, 6) is 0. The van der Waals surface area contributed by atoms with Gasteiger partial charge in [0.25, 0.3) is 0 Å². The zero-order valence-electron chi connectivity index (χ0n) is 31.5. The highest BCUT2D eigenvalue weighted by atomic mass is 16.3. The minimum atomic E-state index is 0.906. The largest absolute Gasteiger partial charge is 0.455 e. The molecule has 0 atom stereocenters. The Bertz CT molecular complexity index is 3450. The van der Waals surface area contributed by atoms with E-state index in [4.69, 9.17) is 4.42 Å². The molecule has 0 unspecified atom stereocenters. The van der Waals surface area contributed by atoms with E-state index in [0.717, 1.165) is 72.4 Å². The molecule has 4 nitrogen and oxygen atoms in total. The maximum absolute atomic E-state index is 6.67. The molecule has 12 rings (SSSR count). The van der Waals surface area contributed by atoms with Gasteiger partial charge in [-0.25, -0.2) is 0 Å². The van der Waals surface area contributed by atoms with Gasteiger partial charge < -0.3 is 18.5 Å². The molecule has 0 amide bonds. The molecule has 0 N–H and O–H groups in total. The molecule has 0 aliphatic carbocycles. The number of hydrogen-bond donors (Lipinski definition) is 0. The first-order valence-electron chi connectivity index (χ1n) is 19.8. The highest BCUT2D eigenvalue weighted by molar-refractivity contribution is 6.24. The Balaban J connectivity index is 1.01. The van der Waals surface area contributed by atoms with Gasteiger partial charge in [0.05, 0.1) is 27.5 Å². The first-order chi connectivity index (χ1) is 28.8. The Morgan fingerprint density at radius 2 is 0.828 bits per heavy atom. The number of aromatic nitrogens is 2. The third-order valence-corrected chi connectivity index (χ3v) is 11.7. The second-order valence-corrected chi connectivity index (χ2v) is 14.9. The summed E-state index contributed by atoms with van der Waals surface area (Å²) < 4.78 is 11.4. The van der Waals surface area contributed by atoms with Crippen LogP contribution in [0.1, 0.15) is 0 Å². The van der Waals surface area contributed by atoms with Gasteiger partial charge in [-0.15, -0.1) is 0 Å². The molecule has 0 aliphatic heterocycles. The SMILES string of the molecule is c1ccc(N(c2ccccc2)c2ccc(-n3c4ccccc4c4cc(-c5ccc6c(c5)c5c7oc8ccccc8c7ccc5n6-c5ccccc5)ccc43)cc2)cc1. The van der Waals surface area contributed by atoms with E-state index < -0.39 is 0 Å². The van der Waals surface area contributed by atoms with Crippen LogP contribution in [0.5, 0.6) is 0 Å². The van der Waals surface area contributed by atoms with Crippen molar-refractivity contribution in [2.24, 2.45) is 0 Å². The number of rotatable bonds is 6. The molecule has 9 aromatic carbocycles. The lowest BCUT2D eigenvalue weighted by atomic mass is 10.00. The van der Waals surface area contributed by atoms with Crippen molar-refractivity contribution in [3.05, 3.63) is 212 Å². The monoisotopic (exact) mass is 741 g/mol. The highest BCUT2D eigenvalue weighted by Crippen LogP contribution is 2.43. The van der Waals surface area contributed by atoms with Crippen molar-refractivity contribution in [3.8, 4) is 22.5 Å². The molecule has 12 aromatic rings. The predicted molar refractivity (Wildman–Crippen MR) is 243 cm³/mol. The van der Waals surface area contributed by atoms with Crippen molar-refractivity contribution >= 4 is 82.6 Å². The summed E-state index contributed by atoms with van der Waals surface area (Å²) in [6, 6.07) is 76.0. The van der Waals surface area contributed by atoms with E-state index >= 15 is 0 Å². The second kappa shape index (κ2) is 12.9. The van der Waals surface area contributed by atoms with Crippen molar-refractivity contribution < 1.29 is 4.42 Å². The Morgan fingerprint density at radius 1 is 0.328 bits per heavy atom. The normalized spacial score (nSPS) is 11.8. The summed E-state index contributed by atoms with van der Waals surface area (Å²) in [5, 5.41) is 7.02. The van der Waals surface area contributed by atoms with E-state index in [1.165, 1.54) is 32.8 Å². The molecule has 0 aliphatic rings. The summed E-state index contributed by atoms with van der Waals surface area (Å²) in [7, 11) is 0. The van der Waals surface area contributed by atoms with E-state index in [2.05, 4.69) is 220 Å². The number of nitrogens with zero attached hydrogens (tertiary/aromatic N) is 3. The Kier molecular flexibility index (Phi) is 7.20. The van der Waals surface area contributed by atoms with Crippen LogP contribution in [0.4, 0.5) is 17.1 Å². The third-order valence-electron chi connectivity index (χ3n) is 11.7. The van der Waals surface area contributed by atoms with Crippen LogP contribution in [-0.2, 0) is 0 Å². The molecule has 3 heterocycles. The Morgan fingerprint density at radius 3 is 1.53 bits per heavy atom. The molecule has 4 heteroatoms. The van der Waals surface area contributed by atoms with E-state index in [1.807, 2.05) is 6.07 Å². The van der Waals surface area contributed by atoms with Gasteiger partial charge in [-0.05, 0) is 120 Å². The van der Waals surface area contributed by atoms with Crippen LogP contribution in [0, 0.1) is 0 Å². The van der Waals surface area contributed by atoms with Gasteiger partial charge >= 0.3 is 0 Å². The van der Waals surface area contributed by atoms with Crippen LogP contribution in [-0.4, -0.2) is 9.13 Å². The summed E-state index contributed by atoms with van der Waals surface area (Å²) in [6.07, 6.45) is 0. The number of benzene rings is 9. The molecule has 0 fully saturated rings. The molecule has 3 aromatic heterocycles. The minimum absolute atomic E-state index is 0.906. The van der Waals surface area contributed by atoms with Gasteiger partial charge in [-0.3, -0.25) is 0 Å². The summed E-state index contributed by atoms with van der Waals surface area (Å²) in [5.41, 5.74) is 14.4. The Hall–Kier alpha value is -7.82. The minimum Gasteiger partial charge on any atom is -0.455 e. The van der Waals surface area contributed by atoms with E-state index in [9.17, 15) is 0 Å². The molecule has 0 radical (unpaired) electrons. The van der Waals surface area contributed by atoms with Crippen LogP contribution >= 0.6 is 0 Å². The van der Waals surface area contributed by atoms with Crippen molar-refractivity contribution in [1.82, 2.24) is 9.13 Å². The average Bonchev–Trinajstić information content (AvgIpc) is 3.95. The molecule has 0 spiro atoms. The smallest absolute Gasteiger partial charge is 0.145 e. The quantitative estimate of drug-likeness (QED) is 0.170. The number of fused-ring (bicyclic) bond motifs is 10. The van der Waals surface area contributed by atoms with Gasteiger partial charge in [0.15, 0.2) is 0 Å². The predicted octanol–water partition coefficient (Wildman–Crippen LogP) is 14.9. The number of anilines is 3.